The lowest BCUT2D eigenvalue weighted by Crippen LogP contribution is -2.33. The standard InChI is InChI=1S/C19H26N6O3/c1-23-12-14(11-22-23)17-13(9-16(26)25(17)7-8-28-2)10-21-18-19(27)24(6-5-20-18)15-3-4-15/h5-6,11-13,15,17H,3-4,7-10H2,1-2H3,(H,20,21)/t13-,17+/m0/s1. The SMILES string of the molecule is COCCN1C(=O)C[C@@H](CNc2nccn(C3CC3)c2=O)[C@@H]1c1cnn(C)c1. The van der Waals surface area contributed by atoms with Crippen molar-refractivity contribution in [3.63, 3.8) is 0 Å². The number of carbonyl (C=O) groups excluding carboxylic acids is 1. The van der Waals surface area contributed by atoms with Crippen molar-refractivity contribution in [2.75, 3.05) is 32.1 Å². The number of aryl methyl sites for hydroxylation is 1. The second kappa shape index (κ2) is 7.75. The number of hydrogen-bond acceptors (Lipinski definition) is 6. The zero-order valence-electron chi connectivity index (χ0n) is 16.2. The molecule has 1 saturated carbocycles. The van der Waals surface area contributed by atoms with E-state index in [4.69, 9.17) is 4.74 Å². The first-order valence-corrected chi connectivity index (χ1v) is 9.66. The van der Waals surface area contributed by atoms with Crippen molar-refractivity contribution in [2.24, 2.45) is 13.0 Å². The van der Waals surface area contributed by atoms with Crippen molar-refractivity contribution in [3.05, 3.63) is 40.7 Å². The molecule has 0 unspecified atom stereocenters. The molecule has 2 fully saturated rings. The number of nitrogens with zero attached hydrogens (tertiary/aromatic N) is 5. The van der Waals surface area contributed by atoms with E-state index in [0.29, 0.717) is 38.0 Å². The van der Waals surface area contributed by atoms with Crippen LogP contribution in [0, 0.1) is 5.92 Å². The Morgan fingerprint density at radius 3 is 2.82 bits per heavy atom. The van der Waals surface area contributed by atoms with Crippen LogP contribution < -0.4 is 10.9 Å². The third-order valence-corrected chi connectivity index (χ3v) is 5.48. The van der Waals surface area contributed by atoms with Gasteiger partial charge >= 0.3 is 0 Å². The molecule has 1 N–H and O–H groups in total. The summed E-state index contributed by atoms with van der Waals surface area (Å²) in [5.74, 6) is 0.459. The minimum Gasteiger partial charge on any atom is -0.383 e. The summed E-state index contributed by atoms with van der Waals surface area (Å²) in [6.07, 6.45) is 9.64. The summed E-state index contributed by atoms with van der Waals surface area (Å²) >= 11 is 0. The molecule has 0 radical (unpaired) electrons. The maximum absolute atomic E-state index is 12.6. The summed E-state index contributed by atoms with van der Waals surface area (Å²) in [6.45, 7) is 1.50. The molecule has 1 aliphatic heterocycles. The van der Waals surface area contributed by atoms with Crippen LogP contribution in [0.15, 0.2) is 29.6 Å². The quantitative estimate of drug-likeness (QED) is 0.726. The summed E-state index contributed by atoms with van der Waals surface area (Å²) in [5.41, 5.74) is 0.899. The van der Waals surface area contributed by atoms with Crippen LogP contribution in [0.2, 0.25) is 0 Å². The highest BCUT2D eigenvalue weighted by Gasteiger charge is 2.41. The van der Waals surface area contributed by atoms with E-state index in [1.54, 1.807) is 34.9 Å². The third-order valence-electron chi connectivity index (χ3n) is 5.48. The number of hydrogen-bond donors (Lipinski definition) is 1. The number of likely N-dealkylation sites (tertiary alicyclic amines) is 1. The van der Waals surface area contributed by atoms with Gasteiger partial charge in [-0.05, 0) is 12.8 Å². The van der Waals surface area contributed by atoms with Crippen molar-refractivity contribution in [1.82, 2.24) is 24.2 Å². The molecule has 9 nitrogen and oxygen atoms in total. The summed E-state index contributed by atoms with van der Waals surface area (Å²) in [4.78, 5) is 31.3. The van der Waals surface area contributed by atoms with E-state index in [1.807, 2.05) is 18.1 Å². The number of anilines is 1. The monoisotopic (exact) mass is 386 g/mol. The molecule has 2 aromatic heterocycles. The van der Waals surface area contributed by atoms with Gasteiger partial charge in [-0.2, -0.15) is 5.10 Å². The molecule has 0 bridgehead atoms. The molecule has 28 heavy (non-hydrogen) atoms. The fourth-order valence-electron chi connectivity index (χ4n) is 3.96. The van der Waals surface area contributed by atoms with Gasteiger partial charge in [0.15, 0.2) is 5.82 Å². The number of carbonyl (C=O) groups is 1. The average molecular weight is 386 g/mol. The first-order chi connectivity index (χ1) is 13.6. The van der Waals surface area contributed by atoms with E-state index >= 15 is 0 Å². The summed E-state index contributed by atoms with van der Waals surface area (Å²) in [7, 11) is 3.49. The molecule has 1 saturated heterocycles. The Bertz CT molecular complexity index is 903. The lowest BCUT2D eigenvalue weighted by atomic mass is 9.95. The van der Waals surface area contributed by atoms with Gasteiger partial charge < -0.3 is 19.5 Å². The Hall–Kier alpha value is -2.68. The van der Waals surface area contributed by atoms with Crippen molar-refractivity contribution in [1.29, 1.82) is 0 Å². The molecule has 3 heterocycles. The average Bonchev–Trinajstić information content (AvgIpc) is 3.36. The number of methoxy groups -OCH3 is 1. The second-order valence-corrected chi connectivity index (χ2v) is 7.54. The predicted octanol–water partition coefficient (Wildman–Crippen LogP) is 0.960. The lowest BCUT2D eigenvalue weighted by Gasteiger charge is -2.27. The Labute approximate surface area is 163 Å². The highest BCUT2D eigenvalue weighted by Crippen LogP contribution is 2.38. The minimum absolute atomic E-state index is 0.0179. The Morgan fingerprint density at radius 1 is 1.32 bits per heavy atom. The van der Waals surface area contributed by atoms with Crippen molar-refractivity contribution in [2.45, 2.75) is 31.3 Å². The zero-order chi connectivity index (χ0) is 19.7. The van der Waals surface area contributed by atoms with Crippen LogP contribution in [-0.4, -0.2) is 56.9 Å². The molecule has 9 heteroatoms. The van der Waals surface area contributed by atoms with E-state index in [-0.39, 0.29) is 23.4 Å². The van der Waals surface area contributed by atoms with Crippen LogP contribution in [-0.2, 0) is 16.6 Å². The van der Waals surface area contributed by atoms with E-state index in [1.165, 1.54) is 0 Å². The Balaban J connectivity index is 1.53. The largest absolute Gasteiger partial charge is 0.383 e. The van der Waals surface area contributed by atoms with Gasteiger partial charge in [0.2, 0.25) is 5.91 Å². The Morgan fingerprint density at radius 2 is 2.14 bits per heavy atom. The van der Waals surface area contributed by atoms with Gasteiger partial charge in [-0.1, -0.05) is 0 Å². The van der Waals surface area contributed by atoms with Crippen LogP contribution in [0.25, 0.3) is 0 Å². The van der Waals surface area contributed by atoms with Gasteiger partial charge in [-0.15, -0.1) is 0 Å². The lowest BCUT2D eigenvalue weighted by molar-refractivity contribution is -0.129. The number of ether oxygens (including phenoxy) is 1. The highest BCUT2D eigenvalue weighted by atomic mass is 16.5. The van der Waals surface area contributed by atoms with Crippen molar-refractivity contribution < 1.29 is 9.53 Å². The van der Waals surface area contributed by atoms with Gasteiger partial charge in [-0.25, -0.2) is 4.98 Å². The fraction of sp³-hybridized carbons (Fsp3) is 0.579. The fourth-order valence-corrected chi connectivity index (χ4v) is 3.96. The topological polar surface area (TPSA) is 94.3 Å². The van der Waals surface area contributed by atoms with E-state index in [9.17, 15) is 9.59 Å². The number of nitrogens with one attached hydrogen (secondary N) is 1. The molecule has 4 rings (SSSR count). The molecule has 2 atom stereocenters. The van der Waals surface area contributed by atoms with Gasteiger partial charge in [-0.3, -0.25) is 14.3 Å². The zero-order valence-corrected chi connectivity index (χ0v) is 16.2. The van der Waals surface area contributed by atoms with E-state index in [2.05, 4.69) is 15.4 Å². The molecular weight excluding hydrogens is 360 g/mol. The van der Waals surface area contributed by atoms with Crippen molar-refractivity contribution >= 4 is 11.7 Å². The molecule has 2 aliphatic rings. The highest BCUT2D eigenvalue weighted by molar-refractivity contribution is 5.79. The molecule has 0 spiro atoms. The summed E-state index contributed by atoms with van der Waals surface area (Å²) < 4.78 is 8.67. The van der Waals surface area contributed by atoms with Gasteiger partial charge in [0.05, 0.1) is 18.8 Å². The Kier molecular flexibility index (Phi) is 5.17. The number of amides is 1. The first kappa shape index (κ1) is 18.7. The number of rotatable bonds is 8. The van der Waals surface area contributed by atoms with Gasteiger partial charge in [0, 0.05) is 69.8 Å². The molecule has 2 aromatic rings. The maximum Gasteiger partial charge on any atom is 0.293 e. The van der Waals surface area contributed by atoms with Crippen LogP contribution in [0.4, 0.5) is 5.82 Å². The molecular formula is C19H26N6O3. The maximum atomic E-state index is 12.6. The van der Waals surface area contributed by atoms with E-state index < -0.39 is 0 Å². The van der Waals surface area contributed by atoms with Crippen molar-refractivity contribution in [3.8, 4) is 0 Å². The predicted molar refractivity (Wildman–Crippen MR) is 103 cm³/mol. The third kappa shape index (κ3) is 3.66. The van der Waals surface area contributed by atoms with Gasteiger partial charge in [0.25, 0.3) is 5.56 Å². The first-order valence-electron chi connectivity index (χ1n) is 9.66. The normalized spacial score (nSPS) is 22.1. The summed E-state index contributed by atoms with van der Waals surface area (Å²) in [6, 6.07) is 0.204. The van der Waals surface area contributed by atoms with Crippen LogP contribution >= 0.6 is 0 Å². The molecule has 150 valence electrons. The van der Waals surface area contributed by atoms with Gasteiger partial charge in [0.1, 0.15) is 0 Å². The van der Waals surface area contributed by atoms with Crippen LogP contribution in [0.1, 0.15) is 36.9 Å². The smallest absolute Gasteiger partial charge is 0.293 e. The minimum atomic E-state index is -0.0989. The summed E-state index contributed by atoms with van der Waals surface area (Å²) in [5, 5.41) is 7.47. The molecule has 0 aromatic carbocycles. The molecule has 1 aliphatic carbocycles. The van der Waals surface area contributed by atoms with Crippen LogP contribution in [0.3, 0.4) is 0 Å². The second-order valence-electron chi connectivity index (χ2n) is 7.54. The van der Waals surface area contributed by atoms with Crippen LogP contribution in [0.5, 0.6) is 0 Å². The number of aromatic nitrogens is 4. The molecule has 1 amide bonds. The van der Waals surface area contributed by atoms with E-state index in [0.717, 1.165) is 18.4 Å².